The molecule has 1 aliphatic rings. The van der Waals surface area contributed by atoms with E-state index in [0.29, 0.717) is 0 Å². The molecule has 0 nitrogen and oxygen atoms in total. The molecule has 3 rings (SSSR count). The molecule has 1 atom stereocenters. The van der Waals surface area contributed by atoms with Gasteiger partial charge in [-0.15, -0.1) is 0 Å². The third-order valence-electron chi connectivity index (χ3n) is 8.03. The SMILES string of the molecule is C=C/C=C(\C=C/C)C(/C)=C(C)/C(=C\C)C(C)c1ccc2c(c1)C(C)(C)c1cc(C)c(C=C)c(C=C)c1-2. The Bertz CT molecular complexity index is 1340. The van der Waals surface area contributed by atoms with Gasteiger partial charge in [0.25, 0.3) is 0 Å². The summed E-state index contributed by atoms with van der Waals surface area (Å²) in [5, 5.41) is 0. The molecule has 0 bridgehead atoms. The summed E-state index contributed by atoms with van der Waals surface area (Å²) in [6.07, 6.45) is 14.4. The summed E-state index contributed by atoms with van der Waals surface area (Å²) in [6, 6.07) is 9.43. The molecule has 36 heavy (non-hydrogen) atoms. The second-order valence-corrected chi connectivity index (χ2v) is 10.4. The number of fused-ring (bicyclic) bond motifs is 3. The highest BCUT2D eigenvalue weighted by Crippen LogP contribution is 2.52. The van der Waals surface area contributed by atoms with E-state index in [1.54, 1.807) is 0 Å². The molecule has 2 aromatic rings. The lowest BCUT2D eigenvalue weighted by atomic mass is 9.79. The molecule has 0 radical (unpaired) electrons. The number of hydrogen-bond acceptors (Lipinski definition) is 0. The number of hydrogen-bond donors (Lipinski definition) is 0. The second-order valence-electron chi connectivity index (χ2n) is 10.4. The van der Waals surface area contributed by atoms with Gasteiger partial charge in [0, 0.05) is 11.3 Å². The third-order valence-corrected chi connectivity index (χ3v) is 8.03. The first-order valence-corrected chi connectivity index (χ1v) is 13.0. The topological polar surface area (TPSA) is 0 Å². The molecule has 1 unspecified atom stereocenters. The van der Waals surface area contributed by atoms with Gasteiger partial charge in [0.15, 0.2) is 0 Å². The summed E-state index contributed by atoms with van der Waals surface area (Å²) in [5.74, 6) is 0.273. The van der Waals surface area contributed by atoms with E-state index >= 15 is 0 Å². The maximum atomic E-state index is 4.16. The van der Waals surface area contributed by atoms with Crippen LogP contribution in [0.5, 0.6) is 0 Å². The van der Waals surface area contributed by atoms with Crippen molar-refractivity contribution in [2.24, 2.45) is 0 Å². The van der Waals surface area contributed by atoms with Crippen molar-refractivity contribution < 1.29 is 0 Å². The second kappa shape index (κ2) is 10.7. The predicted molar refractivity (Wildman–Crippen MR) is 163 cm³/mol. The van der Waals surface area contributed by atoms with E-state index in [2.05, 4.69) is 124 Å². The normalized spacial score (nSPS) is 16.3. The molecule has 0 spiro atoms. The number of aryl methyl sites for hydroxylation is 1. The standard InChI is InChI=1S/C36H42/c1-12-17-27(18-13-2)24(7)25(8)30(15-4)26(9)28-19-20-32-33(22-28)36(10,11)34-21-23(6)29(14-3)31(16-5)35(32)34/h12-22,26H,1,3,5H2,2,4,6-11H3/b18-13-,25-24+,27-17+,30-15+. The summed E-state index contributed by atoms with van der Waals surface area (Å²) in [4.78, 5) is 0. The molecule has 0 fully saturated rings. The summed E-state index contributed by atoms with van der Waals surface area (Å²) in [7, 11) is 0. The van der Waals surface area contributed by atoms with Crippen LogP contribution >= 0.6 is 0 Å². The van der Waals surface area contributed by atoms with Gasteiger partial charge in [-0.25, -0.2) is 0 Å². The van der Waals surface area contributed by atoms with E-state index in [9.17, 15) is 0 Å². The molecule has 0 heterocycles. The van der Waals surface area contributed by atoms with Crippen molar-refractivity contribution >= 4 is 12.2 Å². The minimum atomic E-state index is -0.0781. The number of rotatable bonds is 8. The lowest BCUT2D eigenvalue weighted by Crippen LogP contribution is -2.16. The molecule has 1 aliphatic carbocycles. The fourth-order valence-electron chi connectivity index (χ4n) is 5.85. The summed E-state index contributed by atoms with van der Waals surface area (Å²) in [5.41, 5.74) is 15.5. The van der Waals surface area contributed by atoms with Gasteiger partial charge in [0.05, 0.1) is 0 Å². The molecule has 0 N–H and O–H groups in total. The van der Waals surface area contributed by atoms with Crippen LogP contribution in [0.4, 0.5) is 0 Å². The molecule has 0 saturated carbocycles. The van der Waals surface area contributed by atoms with Crippen LogP contribution in [-0.2, 0) is 5.41 Å². The van der Waals surface area contributed by atoms with E-state index < -0.39 is 0 Å². The monoisotopic (exact) mass is 474 g/mol. The minimum Gasteiger partial charge on any atom is -0.0990 e. The van der Waals surface area contributed by atoms with Gasteiger partial charge in [0.2, 0.25) is 0 Å². The fraction of sp³-hybridized carbons (Fsp3) is 0.278. The molecule has 0 saturated heterocycles. The van der Waals surface area contributed by atoms with Crippen LogP contribution in [0.15, 0.2) is 96.7 Å². The first-order valence-electron chi connectivity index (χ1n) is 13.0. The molecular weight excluding hydrogens is 432 g/mol. The third kappa shape index (κ3) is 4.46. The Labute approximate surface area is 219 Å². The highest BCUT2D eigenvalue weighted by Gasteiger charge is 2.38. The predicted octanol–water partition coefficient (Wildman–Crippen LogP) is 10.7. The van der Waals surface area contributed by atoms with Crippen LogP contribution < -0.4 is 0 Å². The lowest BCUT2D eigenvalue weighted by molar-refractivity contribution is 0.657. The average Bonchev–Trinajstić information content (AvgIpc) is 3.08. The van der Waals surface area contributed by atoms with Gasteiger partial charge in [-0.1, -0.05) is 107 Å². The zero-order valence-corrected chi connectivity index (χ0v) is 23.5. The van der Waals surface area contributed by atoms with Crippen LogP contribution in [0.3, 0.4) is 0 Å². The summed E-state index contributed by atoms with van der Waals surface area (Å²) >= 11 is 0. The van der Waals surface area contributed by atoms with Crippen molar-refractivity contribution in [2.75, 3.05) is 0 Å². The maximum absolute atomic E-state index is 4.16. The van der Waals surface area contributed by atoms with E-state index in [0.717, 1.165) is 0 Å². The van der Waals surface area contributed by atoms with E-state index in [-0.39, 0.29) is 11.3 Å². The fourth-order valence-corrected chi connectivity index (χ4v) is 5.85. The van der Waals surface area contributed by atoms with Crippen LogP contribution in [-0.4, -0.2) is 0 Å². The van der Waals surface area contributed by atoms with Gasteiger partial charge in [-0.05, 0) is 101 Å². The summed E-state index contributed by atoms with van der Waals surface area (Å²) in [6.45, 7) is 30.0. The number of allylic oxidation sites excluding steroid dienone is 9. The molecule has 0 heteroatoms. The lowest BCUT2D eigenvalue weighted by Gasteiger charge is -2.25. The maximum Gasteiger partial charge on any atom is 0.0159 e. The quantitative estimate of drug-likeness (QED) is 0.334. The first-order chi connectivity index (χ1) is 17.1. The van der Waals surface area contributed by atoms with E-state index in [1.165, 1.54) is 66.8 Å². The van der Waals surface area contributed by atoms with Gasteiger partial charge >= 0.3 is 0 Å². The van der Waals surface area contributed by atoms with Crippen LogP contribution in [0.2, 0.25) is 0 Å². The number of benzene rings is 2. The minimum absolute atomic E-state index is 0.0781. The van der Waals surface area contributed by atoms with E-state index in [4.69, 9.17) is 0 Å². The molecule has 0 aromatic heterocycles. The van der Waals surface area contributed by atoms with Crippen LogP contribution in [0, 0.1) is 6.92 Å². The van der Waals surface area contributed by atoms with Crippen LogP contribution in [0.25, 0.3) is 23.3 Å². The van der Waals surface area contributed by atoms with Crippen molar-refractivity contribution in [1.82, 2.24) is 0 Å². The van der Waals surface area contributed by atoms with Gasteiger partial charge in [0.1, 0.15) is 0 Å². The molecule has 0 amide bonds. The van der Waals surface area contributed by atoms with Crippen molar-refractivity contribution in [2.45, 2.75) is 66.7 Å². The largest absolute Gasteiger partial charge is 0.0990 e. The van der Waals surface area contributed by atoms with Gasteiger partial charge in [-0.2, -0.15) is 0 Å². The van der Waals surface area contributed by atoms with E-state index in [1.807, 2.05) is 18.2 Å². The van der Waals surface area contributed by atoms with Gasteiger partial charge < -0.3 is 0 Å². The van der Waals surface area contributed by atoms with Crippen LogP contribution in [0.1, 0.15) is 87.8 Å². The zero-order valence-electron chi connectivity index (χ0n) is 23.5. The Balaban J connectivity index is 2.16. The first kappa shape index (κ1) is 27.2. The molecule has 0 aliphatic heterocycles. The van der Waals surface area contributed by atoms with Crippen molar-refractivity contribution in [3.05, 3.63) is 130 Å². The average molecular weight is 475 g/mol. The smallest absolute Gasteiger partial charge is 0.0159 e. The van der Waals surface area contributed by atoms with Crippen molar-refractivity contribution in [3.8, 4) is 11.1 Å². The molecular formula is C36H42. The van der Waals surface area contributed by atoms with Gasteiger partial charge in [-0.3, -0.25) is 0 Å². The Morgan fingerprint density at radius 3 is 2.14 bits per heavy atom. The van der Waals surface area contributed by atoms with Crippen molar-refractivity contribution in [1.29, 1.82) is 0 Å². The Kier molecular flexibility index (Phi) is 8.09. The Hall–Kier alpha value is -3.38. The summed E-state index contributed by atoms with van der Waals surface area (Å²) < 4.78 is 0. The highest BCUT2D eigenvalue weighted by molar-refractivity contribution is 5.91. The highest BCUT2D eigenvalue weighted by atomic mass is 14.4. The molecule has 2 aromatic carbocycles. The zero-order chi connectivity index (χ0) is 26.8. The van der Waals surface area contributed by atoms with Crippen molar-refractivity contribution in [3.63, 3.8) is 0 Å². The Morgan fingerprint density at radius 2 is 1.58 bits per heavy atom. The molecule has 186 valence electrons. The Morgan fingerprint density at radius 1 is 0.917 bits per heavy atom.